The van der Waals surface area contributed by atoms with E-state index in [1.54, 1.807) is 0 Å². The van der Waals surface area contributed by atoms with Crippen LogP contribution in [-0.2, 0) is 13.0 Å². The van der Waals surface area contributed by atoms with Crippen molar-refractivity contribution in [1.29, 1.82) is 0 Å². The van der Waals surface area contributed by atoms with Crippen molar-refractivity contribution in [2.45, 2.75) is 33.7 Å². The number of aromatic nitrogens is 1. The van der Waals surface area contributed by atoms with Gasteiger partial charge in [-0.2, -0.15) is 0 Å². The molecule has 6 heteroatoms. The molecule has 2 N–H and O–H groups in total. The van der Waals surface area contributed by atoms with Gasteiger partial charge in [0.2, 0.25) is 0 Å². The van der Waals surface area contributed by atoms with Gasteiger partial charge in [0.15, 0.2) is 5.96 Å². The Hall–Kier alpha value is -1.83. The molecule has 5 nitrogen and oxygen atoms in total. The predicted octanol–water partition coefficient (Wildman–Crippen LogP) is 3.68. The van der Waals surface area contributed by atoms with E-state index in [1.165, 1.54) is 16.7 Å². The standard InChI is InChI=1S/C21H31N5.HI/c1-6-22-21(24-10-7-18-12-16(2)11-17(3)13-18)25-15-19-8-9-23-20(14-19)26(4)5;/h8-9,11-14H,6-7,10,15H2,1-5H3,(H2,22,24,25);1H. The lowest BCUT2D eigenvalue weighted by atomic mass is 10.1. The number of halogens is 1. The molecular weight excluding hydrogens is 449 g/mol. The van der Waals surface area contributed by atoms with Gasteiger partial charge in [0.1, 0.15) is 5.82 Å². The number of anilines is 1. The molecule has 0 saturated heterocycles. The molecule has 1 aromatic heterocycles. The van der Waals surface area contributed by atoms with Crippen molar-refractivity contribution in [1.82, 2.24) is 15.6 Å². The van der Waals surface area contributed by atoms with E-state index in [2.05, 4.69) is 60.7 Å². The van der Waals surface area contributed by atoms with Crippen molar-refractivity contribution >= 4 is 35.8 Å². The number of hydrogen-bond acceptors (Lipinski definition) is 3. The van der Waals surface area contributed by atoms with Crippen molar-refractivity contribution in [2.24, 2.45) is 4.99 Å². The Balaban J connectivity index is 0.00000364. The SMILES string of the molecule is CCNC(=NCc1ccnc(N(C)C)c1)NCCc1cc(C)cc(C)c1.I. The number of hydrogen-bond donors (Lipinski definition) is 2. The number of nitrogens with zero attached hydrogens (tertiary/aromatic N) is 3. The van der Waals surface area contributed by atoms with Crippen LogP contribution >= 0.6 is 24.0 Å². The Morgan fingerprint density at radius 1 is 1.04 bits per heavy atom. The van der Waals surface area contributed by atoms with Gasteiger partial charge in [-0.25, -0.2) is 9.98 Å². The van der Waals surface area contributed by atoms with Crippen molar-refractivity contribution in [2.75, 3.05) is 32.1 Å². The monoisotopic (exact) mass is 481 g/mol. The maximum Gasteiger partial charge on any atom is 0.191 e. The third-order valence-corrected chi connectivity index (χ3v) is 4.02. The third kappa shape index (κ3) is 8.15. The highest BCUT2D eigenvalue weighted by molar-refractivity contribution is 14.0. The molecule has 0 bridgehead atoms. The Labute approximate surface area is 180 Å². The molecule has 0 aliphatic heterocycles. The maximum absolute atomic E-state index is 4.70. The number of guanidine groups is 1. The minimum Gasteiger partial charge on any atom is -0.363 e. The van der Waals surface area contributed by atoms with Crippen LogP contribution in [0.25, 0.3) is 0 Å². The Morgan fingerprint density at radius 2 is 1.74 bits per heavy atom. The quantitative estimate of drug-likeness (QED) is 0.360. The third-order valence-electron chi connectivity index (χ3n) is 4.02. The molecule has 1 aromatic carbocycles. The lowest BCUT2D eigenvalue weighted by molar-refractivity contribution is 0.798. The summed E-state index contributed by atoms with van der Waals surface area (Å²) in [6.45, 7) is 8.70. The zero-order valence-corrected chi connectivity index (χ0v) is 19.4. The molecule has 0 radical (unpaired) electrons. The molecule has 0 aliphatic carbocycles. The van der Waals surface area contributed by atoms with Crippen molar-refractivity contribution < 1.29 is 0 Å². The summed E-state index contributed by atoms with van der Waals surface area (Å²) in [5, 5.41) is 6.74. The van der Waals surface area contributed by atoms with E-state index < -0.39 is 0 Å². The number of pyridine rings is 1. The van der Waals surface area contributed by atoms with E-state index in [0.717, 1.165) is 36.9 Å². The van der Waals surface area contributed by atoms with Crippen LogP contribution in [0.1, 0.15) is 29.2 Å². The number of aliphatic imine (C=N–C) groups is 1. The largest absolute Gasteiger partial charge is 0.363 e. The lowest BCUT2D eigenvalue weighted by Crippen LogP contribution is -2.38. The van der Waals surface area contributed by atoms with Gasteiger partial charge in [-0.1, -0.05) is 29.3 Å². The van der Waals surface area contributed by atoms with Crippen LogP contribution in [0.3, 0.4) is 0 Å². The number of rotatable bonds is 7. The average Bonchev–Trinajstić information content (AvgIpc) is 2.59. The molecule has 0 fully saturated rings. The minimum absolute atomic E-state index is 0. The molecule has 0 saturated carbocycles. The molecule has 0 unspecified atom stereocenters. The molecule has 2 aromatic rings. The molecule has 0 aliphatic rings. The van der Waals surface area contributed by atoms with Gasteiger partial charge >= 0.3 is 0 Å². The summed E-state index contributed by atoms with van der Waals surface area (Å²) in [5.74, 6) is 1.80. The Bertz CT molecular complexity index is 723. The molecule has 0 spiro atoms. The maximum atomic E-state index is 4.70. The molecule has 2 rings (SSSR count). The zero-order valence-electron chi connectivity index (χ0n) is 17.0. The van der Waals surface area contributed by atoms with E-state index in [9.17, 15) is 0 Å². The molecule has 0 atom stereocenters. The first-order valence-electron chi connectivity index (χ1n) is 9.19. The van der Waals surface area contributed by atoms with Gasteiger partial charge in [0.25, 0.3) is 0 Å². The zero-order chi connectivity index (χ0) is 18.9. The minimum atomic E-state index is 0. The highest BCUT2D eigenvalue weighted by Crippen LogP contribution is 2.11. The fourth-order valence-electron chi connectivity index (χ4n) is 2.85. The van der Waals surface area contributed by atoms with Gasteiger partial charge in [-0.15, -0.1) is 24.0 Å². The Kier molecular flexibility index (Phi) is 10.1. The van der Waals surface area contributed by atoms with Crippen LogP contribution in [0.4, 0.5) is 5.82 Å². The van der Waals surface area contributed by atoms with Crippen LogP contribution in [0.2, 0.25) is 0 Å². The molecule has 148 valence electrons. The summed E-state index contributed by atoms with van der Waals surface area (Å²) >= 11 is 0. The van der Waals surface area contributed by atoms with Gasteiger partial charge in [0, 0.05) is 33.4 Å². The second-order valence-electron chi connectivity index (χ2n) is 6.78. The smallest absolute Gasteiger partial charge is 0.191 e. The van der Waals surface area contributed by atoms with Crippen molar-refractivity contribution in [3.8, 4) is 0 Å². The van der Waals surface area contributed by atoms with Crippen LogP contribution in [0.5, 0.6) is 0 Å². The van der Waals surface area contributed by atoms with Gasteiger partial charge < -0.3 is 15.5 Å². The van der Waals surface area contributed by atoms with E-state index in [0.29, 0.717) is 6.54 Å². The second-order valence-corrected chi connectivity index (χ2v) is 6.78. The van der Waals surface area contributed by atoms with Gasteiger partial charge in [0.05, 0.1) is 6.54 Å². The molecule has 0 amide bonds. The van der Waals surface area contributed by atoms with E-state index in [1.807, 2.05) is 31.3 Å². The van der Waals surface area contributed by atoms with Crippen LogP contribution < -0.4 is 15.5 Å². The van der Waals surface area contributed by atoms with E-state index in [4.69, 9.17) is 4.99 Å². The first kappa shape index (κ1) is 23.2. The number of nitrogens with one attached hydrogen (secondary N) is 2. The summed E-state index contributed by atoms with van der Waals surface area (Å²) in [4.78, 5) is 11.0. The van der Waals surface area contributed by atoms with Crippen LogP contribution in [0.15, 0.2) is 41.5 Å². The fraction of sp³-hybridized carbons (Fsp3) is 0.429. The Morgan fingerprint density at radius 3 is 2.37 bits per heavy atom. The second kappa shape index (κ2) is 11.8. The summed E-state index contributed by atoms with van der Waals surface area (Å²) < 4.78 is 0. The first-order chi connectivity index (χ1) is 12.5. The molecular formula is C21H32IN5. The highest BCUT2D eigenvalue weighted by atomic mass is 127. The normalized spacial score (nSPS) is 10.9. The summed E-state index contributed by atoms with van der Waals surface area (Å²) in [6, 6.07) is 10.8. The summed E-state index contributed by atoms with van der Waals surface area (Å²) in [5.41, 5.74) is 5.13. The summed E-state index contributed by atoms with van der Waals surface area (Å²) in [6.07, 6.45) is 2.81. The number of aryl methyl sites for hydroxylation is 2. The van der Waals surface area contributed by atoms with E-state index >= 15 is 0 Å². The predicted molar refractivity (Wildman–Crippen MR) is 126 cm³/mol. The molecule has 1 heterocycles. The van der Waals surface area contributed by atoms with Crippen LogP contribution in [0, 0.1) is 13.8 Å². The summed E-state index contributed by atoms with van der Waals surface area (Å²) in [7, 11) is 3.99. The van der Waals surface area contributed by atoms with Crippen molar-refractivity contribution in [3.05, 3.63) is 58.8 Å². The lowest BCUT2D eigenvalue weighted by Gasteiger charge is -2.13. The van der Waals surface area contributed by atoms with Crippen LogP contribution in [-0.4, -0.2) is 38.1 Å². The van der Waals surface area contributed by atoms with E-state index in [-0.39, 0.29) is 24.0 Å². The van der Waals surface area contributed by atoms with Gasteiger partial charge in [-0.05, 0) is 50.5 Å². The topological polar surface area (TPSA) is 52.6 Å². The average molecular weight is 481 g/mol. The highest BCUT2D eigenvalue weighted by Gasteiger charge is 2.02. The van der Waals surface area contributed by atoms with Crippen molar-refractivity contribution in [3.63, 3.8) is 0 Å². The fourth-order valence-corrected chi connectivity index (χ4v) is 2.85. The molecule has 27 heavy (non-hydrogen) atoms. The first-order valence-corrected chi connectivity index (χ1v) is 9.19. The van der Waals surface area contributed by atoms with Gasteiger partial charge in [-0.3, -0.25) is 0 Å². The number of benzene rings is 1.